The highest BCUT2D eigenvalue weighted by atomic mass is 35.5. The monoisotopic (exact) mass is 529 g/mol. The van der Waals surface area contributed by atoms with Crippen LogP contribution in [0.15, 0.2) is 40.8 Å². The average Bonchev–Trinajstić information content (AvgIpc) is 3.53. The molecule has 12 heteroatoms. The lowest BCUT2D eigenvalue weighted by molar-refractivity contribution is -0.0515. The number of nitrogens with two attached hydrogens (primary N) is 1. The number of oxazole rings is 1. The van der Waals surface area contributed by atoms with Gasteiger partial charge in [0.25, 0.3) is 5.91 Å². The van der Waals surface area contributed by atoms with Gasteiger partial charge in [-0.15, -0.1) is 12.4 Å². The van der Waals surface area contributed by atoms with E-state index in [1.165, 1.54) is 18.2 Å². The Balaban J connectivity index is 0.00000361. The summed E-state index contributed by atoms with van der Waals surface area (Å²) in [5.41, 5.74) is 6.36. The molecule has 0 radical (unpaired) electrons. The molecule has 1 heterocycles. The van der Waals surface area contributed by atoms with Crippen LogP contribution in [0.5, 0.6) is 11.5 Å². The van der Waals surface area contributed by atoms with Gasteiger partial charge in [-0.2, -0.15) is 8.78 Å². The summed E-state index contributed by atoms with van der Waals surface area (Å²) < 4.78 is 68.6. The van der Waals surface area contributed by atoms with Gasteiger partial charge in [0.2, 0.25) is 5.89 Å². The first-order valence-corrected chi connectivity index (χ1v) is 10.9. The molecule has 1 fully saturated rings. The highest BCUT2D eigenvalue weighted by molar-refractivity contribution is 5.94. The number of carbonyl (C=O) groups is 1. The molecule has 1 aromatic heterocycles. The van der Waals surface area contributed by atoms with Gasteiger partial charge in [-0.3, -0.25) is 4.79 Å². The first-order chi connectivity index (χ1) is 16.7. The second kappa shape index (κ2) is 11.6. The van der Waals surface area contributed by atoms with Crippen molar-refractivity contribution >= 4 is 18.3 Å². The Hall–Kier alpha value is -3.31. The zero-order valence-corrected chi connectivity index (χ0v) is 19.9. The minimum atomic E-state index is -3.02. The maximum absolute atomic E-state index is 13.9. The summed E-state index contributed by atoms with van der Waals surface area (Å²) in [6, 6.07) is 6.32. The molecule has 194 valence electrons. The molecule has 0 aliphatic heterocycles. The number of rotatable bonds is 10. The van der Waals surface area contributed by atoms with Crippen LogP contribution in [-0.2, 0) is 6.54 Å². The van der Waals surface area contributed by atoms with Crippen molar-refractivity contribution in [3.05, 3.63) is 65.1 Å². The molecule has 1 amide bonds. The van der Waals surface area contributed by atoms with Crippen LogP contribution in [0.2, 0.25) is 0 Å². The molecule has 36 heavy (non-hydrogen) atoms. The van der Waals surface area contributed by atoms with Gasteiger partial charge >= 0.3 is 6.61 Å². The fourth-order valence-corrected chi connectivity index (χ4v) is 3.34. The smallest absolute Gasteiger partial charge is 0.387 e. The largest absolute Gasteiger partial charge is 0.489 e. The quantitative estimate of drug-likeness (QED) is 0.342. The maximum atomic E-state index is 13.9. The topological polar surface area (TPSA) is 99.6 Å². The number of aromatic nitrogens is 1. The van der Waals surface area contributed by atoms with Crippen molar-refractivity contribution in [2.24, 2.45) is 11.7 Å². The number of nitrogens with zero attached hydrogens (tertiary/aromatic N) is 1. The van der Waals surface area contributed by atoms with Crippen LogP contribution in [-0.4, -0.2) is 24.1 Å². The Morgan fingerprint density at radius 2 is 1.94 bits per heavy atom. The molecular formula is C24H24ClF4N3O4. The zero-order chi connectivity index (χ0) is 25.1. The van der Waals surface area contributed by atoms with Crippen molar-refractivity contribution in [1.29, 1.82) is 0 Å². The van der Waals surface area contributed by atoms with Gasteiger partial charge in [-0.1, -0.05) is 0 Å². The van der Waals surface area contributed by atoms with Crippen LogP contribution in [0, 0.1) is 17.6 Å². The van der Waals surface area contributed by atoms with Crippen molar-refractivity contribution in [2.45, 2.75) is 39.0 Å². The summed E-state index contributed by atoms with van der Waals surface area (Å²) in [6.45, 7) is -1.14. The van der Waals surface area contributed by atoms with E-state index in [0.717, 1.165) is 25.0 Å². The van der Waals surface area contributed by atoms with Crippen LogP contribution in [0.1, 0.15) is 47.6 Å². The zero-order valence-electron chi connectivity index (χ0n) is 19.1. The normalized spacial score (nSPS) is 13.8. The van der Waals surface area contributed by atoms with Gasteiger partial charge in [-0.25, -0.2) is 13.8 Å². The van der Waals surface area contributed by atoms with E-state index in [0.29, 0.717) is 29.8 Å². The van der Waals surface area contributed by atoms with E-state index in [9.17, 15) is 22.4 Å². The third kappa shape index (κ3) is 6.67. The fraction of sp³-hybridized carbons (Fsp3) is 0.333. The molecule has 4 rings (SSSR count). The minimum Gasteiger partial charge on any atom is -0.489 e. The van der Waals surface area contributed by atoms with Crippen molar-refractivity contribution in [3.8, 4) is 23.0 Å². The van der Waals surface area contributed by atoms with Gasteiger partial charge < -0.3 is 24.9 Å². The molecule has 3 aromatic rings. The van der Waals surface area contributed by atoms with Crippen LogP contribution in [0.4, 0.5) is 17.6 Å². The number of alkyl halides is 2. The van der Waals surface area contributed by atoms with E-state index in [1.54, 1.807) is 6.92 Å². The Morgan fingerprint density at radius 1 is 1.19 bits per heavy atom. The highest BCUT2D eigenvalue weighted by Crippen LogP contribution is 2.37. The highest BCUT2D eigenvalue weighted by Gasteiger charge is 2.24. The third-order valence-corrected chi connectivity index (χ3v) is 5.31. The van der Waals surface area contributed by atoms with Crippen LogP contribution >= 0.6 is 12.4 Å². The van der Waals surface area contributed by atoms with Gasteiger partial charge in [0, 0.05) is 11.6 Å². The Morgan fingerprint density at radius 3 is 2.58 bits per heavy atom. The SMILES string of the molecule is CC(N)c1oc(-c2ccc(OC(F)F)c(OCC3CC3)c2)nc1CNC(=O)c1ccc(F)cc1F.Cl. The van der Waals surface area contributed by atoms with Gasteiger partial charge in [0.05, 0.1) is 24.8 Å². The van der Waals surface area contributed by atoms with Crippen LogP contribution in [0.3, 0.4) is 0 Å². The second-order valence-electron chi connectivity index (χ2n) is 8.22. The standard InChI is InChI=1S/C24H23F4N3O4.ClH/c1-12(29)21-18(10-30-22(32)16-6-5-15(25)9-17(16)26)31-23(35-21)14-4-7-19(34-24(27)28)20(8-14)33-11-13-2-3-13;/h4-9,12-13,24H,2-3,10-11,29H2,1H3,(H,30,32);1H. The predicted molar refractivity (Wildman–Crippen MR) is 124 cm³/mol. The maximum Gasteiger partial charge on any atom is 0.387 e. The molecule has 1 unspecified atom stereocenters. The molecule has 7 nitrogen and oxygen atoms in total. The lowest BCUT2D eigenvalue weighted by atomic mass is 10.2. The lowest BCUT2D eigenvalue weighted by Crippen LogP contribution is -2.25. The van der Waals surface area contributed by atoms with E-state index >= 15 is 0 Å². The number of ether oxygens (including phenoxy) is 2. The van der Waals surface area contributed by atoms with Gasteiger partial charge in [-0.05, 0) is 56.0 Å². The first-order valence-electron chi connectivity index (χ1n) is 10.9. The summed E-state index contributed by atoms with van der Waals surface area (Å²) in [6.07, 6.45) is 2.03. The first kappa shape index (κ1) is 27.3. The second-order valence-corrected chi connectivity index (χ2v) is 8.22. The average molecular weight is 530 g/mol. The molecule has 1 atom stereocenters. The van der Waals surface area contributed by atoms with E-state index in [4.69, 9.17) is 14.9 Å². The van der Waals surface area contributed by atoms with Gasteiger partial charge in [0.1, 0.15) is 23.1 Å². The molecule has 0 spiro atoms. The fourth-order valence-electron chi connectivity index (χ4n) is 3.34. The van der Waals surface area contributed by atoms with Crippen molar-refractivity contribution in [1.82, 2.24) is 10.3 Å². The number of hydrogen-bond acceptors (Lipinski definition) is 6. The van der Waals surface area contributed by atoms with Crippen molar-refractivity contribution in [3.63, 3.8) is 0 Å². The molecule has 0 saturated heterocycles. The van der Waals surface area contributed by atoms with Crippen molar-refractivity contribution in [2.75, 3.05) is 6.61 Å². The van der Waals surface area contributed by atoms with Crippen LogP contribution < -0.4 is 20.5 Å². The molecule has 3 N–H and O–H groups in total. The molecule has 2 aromatic carbocycles. The van der Waals surface area contributed by atoms with Crippen LogP contribution in [0.25, 0.3) is 11.5 Å². The predicted octanol–water partition coefficient (Wildman–Crippen LogP) is 5.38. The summed E-state index contributed by atoms with van der Waals surface area (Å²) in [4.78, 5) is 16.7. The number of nitrogens with one attached hydrogen (secondary N) is 1. The number of amides is 1. The molecule has 0 bridgehead atoms. The van der Waals surface area contributed by atoms with E-state index in [2.05, 4.69) is 15.0 Å². The summed E-state index contributed by atoms with van der Waals surface area (Å²) in [7, 11) is 0. The van der Waals surface area contributed by atoms with E-state index < -0.39 is 30.2 Å². The number of halogens is 5. The summed E-state index contributed by atoms with van der Waals surface area (Å²) in [5.74, 6) is -1.79. The Kier molecular flexibility index (Phi) is 8.80. The molecular weight excluding hydrogens is 506 g/mol. The number of benzene rings is 2. The Bertz CT molecular complexity index is 1220. The molecule has 1 aliphatic rings. The summed E-state index contributed by atoms with van der Waals surface area (Å²) >= 11 is 0. The van der Waals surface area contributed by atoms with E-state index in [-0.39, 0.29) is 47.7 Å². The number of carbonyl (C=O) groups excluding carboxylic acids is 1. The van der Waals surface area contributed by atoms with E-state index in [1.807, 2.05) is 0 Å². The molecule has 1 saturated carbocycles. The number of hydrogen-bond donors (Lipinski definition) is 2. The lowest BCUT2D eigenvalue weighted by Gasteiger charge is -2.12. The van der Waals surface area contributed by atoms with Gasteiger partial charge in [0.15, 0.2) is 11.5 Å². The van der Waals surface area contributed by atoms with Crippen molar-refractivity contribution < 1.29 is 36.2 Å². The third-order valence-electron chi connectivity index (χ3n) is 5.31. The molecule has 1 aliphatic carbocycles. The minimum absolute atomic E-state index is 0. The summed E-state index contributed by atoms with van der Waals surface area (Å²) in [5, 5.41) is 2.51. The Labute approximate surface area is 210 Å².